The van der Waals surface area contributed by atoms with Gasteiger partial charge in [-0.2, -0.15) is 0 Å². The number of aliphatic hydroxyl groups is 1. The summed E-state index contributed by atoms with van der Waals surface area (Å²) in [4.78, 5) is 14.2. The maximum absolute atomic E-state index is 12.5. The Morgan fingerprint density at radius 2 is 1.93 bits per heavy atom. The van der Waals surface area contributed by atoms with E-state index in [9.17, 15) is 9.90 Å². The van der Waals surface area contributed by atoms with Crippen LogP contribution in [0.25, 0.3) is 6.08 Å². The monoisotopic (exact) mass is 399 g/mol. The minimum Gasteiger partial charge on any atom is -0.491 e. The maximum Gasteiger partial charge on any atom is 0.246 e. The van der Waals surface area contributed by atoms with Crippen LogP contribution in [0.15, 0.2) is 48.5 Å². The summed E-state index contributed by atoms with van der Waals surface area (Å²) >= 11 is 6.20. The summed E-state index contributed by atoms with van der Waals surface area (Å²) in [5.74, 6) is 0.584. The molecule has 2 aromatic carbocycles. The molecule has 4 nitrogen and oxygen atoms in total. The first-order valence-electron chi connectivity index (χ1n) is 9.50. The molecule has 1 aliphatic rings. The van der Waals surface area contributed by atoms with Gasteiger partial charge in [0.2, 0.25) is 5.91 Å². The molecule has 0 saturated carbocycles. The predicted octanol–water partition coefficient (Wildman–Crippen LogP) is 4.40. The molecule has 1 N–H and O–H groups in total. The van der Waals surface area contributed by atoms with Crippen LogP contribution in [0.2, 0.25) is 5.02 Å². The Morgan fingerprint density at radius 3 is 2.61 bits per heavy atom. The van der Waals surface area contributed by atoms with Crippen LogP contribution in [0, 0.1) is 13.8 Å². The van der Waals surface area contributed by atoms with Gasteiger partial charge < -0.3 is 14.7 Å². The number of carbonyl (C=O) groups is 1. The predicted molar refractivity (Wildman–Crippen MR) is 113 cm³/mol. The van der Waals surface area contributed by atoms with Gasteiger partial charge in [0.05, 0.1) is 6.54 Å². The summed E-state index contributed by atoms with van der Waals surface area (Å²) < 4.78 is 5.86. The highest BCUT2D eigenvalue weighted by Gasteiger charge is 2.35. The van der Waals surface area contributed by atoms with E-state index in [1.165, 1.54) is 0 Å². The molecule has 0 bridgehead atoms. The van der Waals surface area contributed by atoms with Gasteiger partial charge in [0.15, 0.2) is 0 Å². The fourth-order valence-corrected chi connectivity index (χ4v) is 3.57. The van der Waals surface area contributed by atoms with E-state index in [4.69, 9.17) is 16.3 Å². The van der Waals surface area contributed by atoms with Gasteiger partial charge >= 0.3 is 0 Å². The van der Waals surface area contributed by atoms with Crippen molar-refractivity contribution in [3.05, 3.63) is 70.3 Å². The lowest BCUT2D eigenvalue weighted by molar-refractivity contribution is -0.134. The molecule has 0 spiro atoms. The number of aryl methyl sites for hydroxylation is 2. The van der Waals surface area contributed by atoms with Crippen LogP contribution in [0.4, 0.5) is 0 Å². The summed E-state index contributed by atoms with van der Waals surface area (Å²) in [6.45, 7) is 4.89. The second-order valence-electron chi connectivity index (χ2n) is 7.49. The largest absolute Gasteiger partial charge is 0.491 e. The van der Waals surface area contributed by atoms with E-state index in [0.717, 1.165) is 28.1 Å². The van der Waals surface area contributed by atoms with Crippen molar-refractivity contribution in [1.82, 2.24) is 4.90 Å². The average molecular weight is 400 g/mol. The first-order chi connectivity index (χ1) is 13.4. The van der Waals surface area contributed by atoms with Gasteiger partial charge in [0, 0.05) is 17.6 Å². The van der Waals surface area contributed by atoms with Crippen LogP contribution in [0.3, 0.4) is 0 Å². The number of benzene rings is 2. The lowest BCUT2D eigenvalue weighted by Crippen LogP contribution is -2.53. The fourth-order valence-electron chi connectivity index (χ4n) is 3.46. The molecule has 1 amide bonds. The van der Waals surface area contributed by atoms with Crippen molar-refractivity contribution in [2.45, 2.75) is 32.3 Å². The molecule has 1 aliphatic heterocycles. The van der Waals surface area contributed by atoms with Gasteiger partial charge in [-0.15, -0.1) is 0 Å². The molecule has 1 heterocycles. The first kappa shape index (κ1) is 20.4. The molecule has 0 radical (unpaired) electrons. The van der Waals surface area contributed by atoms with E-state index in [1.54, 1.807) is 17.1 Å². The topological polar surface area (TPSA) is 49.8 Å². The van der Waals surface area contributed by atoms with Gasteiger partial charge in [-0.3, -0.25) is 4.79 Å². The lowest BCUT2D eigenvalue weighted by Gasteiger charge is -2.38. The fraction of sp³-hybridized carbons (Fsp3) is 0.348. The maximum atomic E-state index is 12.5. The molecule has 1 unspecified atom stereocenters. The van der Waals surface area contributed by atoms with E-state index in [2.05, 4.69) is 0 Å². The van der Waals surface area contributed by atoms with Crippen LogP contribution >= 0.6 is 11.6 Å². The highest BCUT2D eigenvalue weighted by Crippen LogP contribution is 2.28. The molecule has 0 aliphatic carbocycles. The number of β-amino-alcohol motifs (C(OH)–C–C–N with tert-alkyl or cyclic N) is 1. The van der Waals surface area contributed by atoms with Crippen molar-refractivity contribution in [1.29, 1.82) is 0 Å². The Labute approximate surface area is 171 Å². The second-order valence-corrected chi connectivity index (χ2v) is 7.87. The van der Waals surface area contributed by atoms with Crippen molar-refractivity contribution < 1.29 is 14.6 Å². The van der Waals surface area contributed by atoms with Crippen molar-refractivity contribution in [2.75, 3.05) is 19.7 Å². The van der Waals surface area contributed by atoms with Crippen LogP contribution in [-0.4, -0.2) is 41.2 Å². The number of nitrogens with zero attached hydrogens (tertiary/aromatic N) is 1. The van der Waals surface area contributed by atoms with E-state index in [0.29, 0.717) is 18.7 Å². The number of likely N-dealkylation sites (tertiary alicyclic amines) is 1. The molecule has 5 heteroatoms. The molecule has 1 saturated heterocycles. The standard InChI is InChI=1S/C23H26ClNO3/c1-17-13-20(14-18(2)22(17)24)28-16-23(27)11-6-12-25(15-23)21(26)10-9-19-7-4-3-5-8-19/h3-5,7-10,13-14,27H,6,11-12,15-16H2,1-2H3. The smallest absolute Gasteiger partial charge is 0.246 e. The van der Waals surface area contributed by atoms with E-state index >= 15 is 0 Å². The van der Waals surface area contributed by atoms with E-state index in [-0.39, 0.29) is 19.1 Å². The summed E-state index contributed by atoms with van der Waals surface area (Å²) in [7, 11) is 0. The van der Waals surface area contributed by atoms with Crippen molar-refractivity contribution >= 4 is 23.6 Å². The molecule has 3 rings (SSSR count). The molecule has 148 valence electrons. The highest BCUT2D eigenvalue weighted by atomic mass is 35.5. The summed E-state index contributed by atoms with van der Waals surface area (Å²) in [5, 5.41) is 11.7. The zero-order chi connectivity index (χ0) is 20.1. The van der Waals surface area contributed by atoms with Crippen molar-refractivity contribution in [3.63, 3.8) is 0 Å². The Bertz CT molecular complexity index is 842. The normalized spacial score (nSPS) is 19.8. The highest BCUT2D eigenvalue weighted by molar-refractivity contribution is 6.32. The zero-order valence-corrected chi connectivity index (χ0v) is 17.1. The SMILES string of the molecule is Cc1cc(OCC2(O)CCCN(C(=O)C=Cc3ccccc3)C2)cc(C)c1Cl. The lowest BCUT2D eigenvalue weighted by atomic mass is 9.93. The summed E-state index contributed by atoms with van der Waals surface area (Å²) in [6, 6.07) is 13.4. The number of ether oxygens (including phenoxy) is 1. The van der Waals surface area contributed by atoms with Gasteiger partial charge in [-0.1, -0.05) is 41.9 Å². The number of rotatable bonds is 5. The molecule has 1 fully saturated rings. The average Bonchev–Trinajstić information content (AvgIpc) is 2.69. The number of hydrogen-bond donors (Lipinski definition) is 1. The van der Waals surface area contributed by atoms with Gasteiger partial charge in [-0.25, -0.2) is 0 Å². The van der Waals surface area contributed by atoms with Crippen LogP contribution in [0.5, 0.6) is 5.75 Å². The van der Waals surface area contributed by atoms with Crippen LogP contribution in [-0.2, 0) is 4.79 Å². The Balaban J connectivity index is 1.61. The van der Waals surface area contributed by atoms with E-state index < -0.39 is 5.60 Å². The second kappa shape index (κ2) is 8.80. The Kier molecular flexibility index (Phi) is 6.42. The Hall–Kier alpha value is -2.30. The third kappa shape index (κ3) is 5.15. The number of carbonyl (C=O) groups excluding carboxylic acids is 1. The van der Waals surface area contributed by atoms with Crippen LogP contribution < -0.4 is 4.74 Å². The van der Waals surface area contributed by atoms with Crippen LogP contribution in [0.1, 0.15) is 29.5 Å². The molecule has 1 atom stereocenters. The molecule has 2 aromatic rings. The number of halogens is 1. The van der Waals surface area contributed by atoms with Crippen molar-refractivity contribution in [2.24, 2.45) is 0 Å². The molecular weight excluding hydrogens is 374 g/mol. The third-order valence-corrected chi connectivity index (χ3v) is 5.60. The summed E-state index contributed by atoms with van der Waals surface area (Å²) in [6.07, 6.45) is 4.70. The zero-order valence-electron chi connectivity index (χ0n) is 16.3. The minimum absolute atomic E-state index is 0.0971. The quantitative estimate of drug-likeness (QED) is 0.758. The van der Waals surface area contributed by atoms with Gasteiger partial charge in [-0.05, 0) is 61.6 Å². The third-order valence-electron chi connectivity index (χ3n) is 5.00. The van der Waals surface area contributed by atoms with Crippen molar-refractivity contribution in [3.8, 4) is 5.75 Å². The number of amides is 1. The minimum atomic E-state index is -1.06. The molecule has 28 heavy (non-hydrogen) atoms. The first-order valence-corrected chi connectivity index (χ1v) is 9.88. The number of hydrogen-bond acceptors (Lipinski definition) is 3. The Morgan fingerprint density at radius 1 is 1.25 bits per heavy atom. The molecular formula is C23H26ClNO3. The summed E-state index contributed by atoms with van der Waals surface area (Å²) in [5.41, 5.74) is 1.79. The molecule has 0 aromatic heterocycles. The van der Waals surface area contributed by atoms with Gasteiger partial charge in [0.1, 0.15) is 18.0 Å². The number of piperidine rings is 1. The van der Waals surface area contributed by atoms with E-state index in [1.807, 2.05) is 56.3 Å². The van der Waals surface area contributed by atoms with Gasteiger partial charge in [0.25, 0.3) is 0 Å².